The van der Waals surface area contributed by atoms with Crippen LogP contribution in [-0.2, 0) is 10.5 Å². The summed E-state index contributed by atoms with van der Waals surface area (Å²) in [5.41, 5.74) is 1.22. The maximum Gasteiger partial charge on any atom is 0.343 e. The molecule has 126 valence electrons. The zero-order valence-electron chi connectivity index (χ0n) is 12.8. The van der Waals surface area contributed by atoms with Crippen LogP contribution in [0.4, 0.5) is 0 Å². The number of hydrogen-bond donors (Lipinski definition) is 0. The van der Waals surface area contributed by atoms with Crippen LogP contribution in [0.25, 0.3) is 0 Å². The third kappa shape index (κ3) is 5.11. The van der Waals surface area contributed by atoms with Gasteiger partial charge >= 0.3 is 5.97 Å². The Morgan fingerprint density at radius 1 is 1.12 bits per heavy atom. The van der Waals surface area contributed by atoms with Gasteiger partial charge in [-0.15, -0.1) is 0 Å². The number of thiocarbonyl (C=S) groups is 1. The Morgan fingerprint density at radius 2 is 1.79 bits per heavy atom. The van der Waals surface area contributed by atoms with Crippen LogP contribution < -0.4 is 4.74 Å². The molecule has 0 bridgehead atoms. The first-order valence-electron chi connectivity index (χ1n) is 7.06. The van der Waals surface area contributed by atoms with Crippen LogP contribution in [0.3, 0.4) is 0 Å². The molecule has 3 nitrogen and oxygen atoms in total. The number of carbonyl (C=O) groups excluding carboxylic acids is 1. The molecule has 0 aliphatic rings. The van der Waals surface area contributed by atoms with E-state index in [-0.39, 0.29) is 15.8 Å². The van der Waals surface area contributed by atoms with Crippen molar-refractivity contribution >= 4 is 57.5 Å². The highest BCUT2D eigenvalue weighted by Gasteiger charge is 2.17. The van der Waals surface area contributed by atoms with E-state index >= 15 is 0 Å². The number of ether oxygens (including phenoxy) is 2. The maximum atomic E-state index is 12.5. The quantitative estimate of drug-likeness (QED) is 0.361. The minimum Gasteiger partial charge on any atom is -0.479 e. The smallest absolute Gasteiger partial charge is 0.343 e. The van der Waals surface area contributed by atoms with Crippen molar-refractivity contribution in [1.82, 2.24) is 0 Å². The number of benzene rings is 2. The van der Waals surface area contributed by atoms with Gasteiger partial charge in [-0.1, -0.05) is 59.2 Å². The average Bonchev–Trinajstić information content (AvgIpc) is 2.57. The van der Waals surface area contributed by atoms with E-state index in [1.807, 2.05) is 19.1 Å². The molecule has 24 heavy (non-hydrogen) atoms. The first-order valence-corrected chi connectivity index (χ1v) is 9.21. The van der Waals surface area contributed by atoms with Gasteiger partial charge < -0.3 is 9.47 Å². The molecule has 2 aromatic rings. The molecule has 0 spiro atoms. The van der Waals surface area contributed by atoms with Crippen molar-refractivity contribution in [3.8, 4) is 5.75 Å². The molecule has 0 fully saturated rings. The molecule has 0 aliphatic heterocycles. The van der Waals surface area contributed by atoms with E-state index < -0.39 is 5.97 Å². The lowest BCUT2D eigenvalue weighted by Gasteiger charge is -2.11. The van der Waals surface area contributed by atoms with Crippen molar-refractivity contribution in [3.63, 3.8) is 0 Å². The summed E-state index contributed by atoms with van der Waals surface area (Å²) in [7, 11) is 0. The van der Waals surface area contributed by atoms with Gasteiger partial charge in [-0.2, -0.15) is 0 Å². The maximum absolute atomic E-state index is 12.5. The fraction of sp³-hybridized carbons (Fsp3) is 0.176. The van der Waals surface area contributed by atoms with Gasteiger partial charge in [0.15, 0.2) is 5.75 Å². The highest BCUT2D eigenvalue weighted by Crippen LogP contribution is 2.33. The molecule has 0 radical (unpaired) electrons. The highest BCUT2D eigenvalue weighted by atomic mass is 35.5. The minimum atomic E-state index is -0.525. The second-order valence-electron chi connectivity index (χ2n) is 4.57. The summed E-state index contributed by atoms with van der Waals surface area (Å²) in [5.74, 6) is 0.127. The molecule has 7 heteroatoms. The van der Waals surface area contributed by atoms with E-state index in [0.29, 0.717) is 22.3 Å². The molecular formula is C17H14Cl2O3S2. The number of carbonyl (C=O) groups is 1. The Bertz CT molecular complexity index is 730. The Labute approximate surface area is 160 Å². The van der Waals surface area contributed by atoms with Crippen LogP contribution >= 0.6 is 47.2 Å². The van der Waals surface area contributed by atoms with Crippen molar-refractivity contribution < 1.29 is 14.3 Å². The number of thioether (sulfide) groups is 1. The summed E-state index contributed by atoms with van der Waals surface area (Å²) < 4.78 is 11.1. The average molecular weight is 401 g/mol. The van der Waals surface area contributed by atoms with Crippen molar-refractivity contribution in [2.75, 3.05) is 6.61 Å². The largest absolute Gasteiger partial charge is 0.479 e. The van der Waals surface area contributed by atoms with Crippen molar-refractivity contribution in [3.05, 3.63) is 63.6 Å². The first-order chi connectivity index (χ1) is 11.5. The molecular weight excluding hydrogens is 387 g/mol. The van der Waals surface area contributed by atoms with Crippen LogP contribution in [0.5, 0.6) is 5.75 Å². The molecule has 0 saturated carbocycles. The van der Waals surface area contributed by atoms with Crippen LogP contribution in [0.15, 0.2) is 42.5 Å². The van der Waals surface area contributed by atoms with Gasteiger partial charge in [0, 0.05) is 5.75 Å². The molecule has 0 unspecified atom stereocenters. The number of para-hydroxylation sites is 1. The molecule has 0 heterocycles. The standard InChI is InChI=1S/C17H14Cl2O3S2/c1-2-21-17(23)24-10-11-6-3-4-7-12(11)16(20)22-15-13(18)8-5-9-14(15)19/h3-9H,2,10H2,1H3. The molecule has 2 aromatic carbocycles. The van der Waals surface area contributed by atoms with Crippen molar-refractivity contribution in [2.24, 2.45) is 0 Å². The van der Waals surface area contributed by atoms with Crippen LogP contribution in [0.2, 0.25) is 10.0 Å². The van der Waals surface area contributed by atoms with E-state index in [4.69, 9.17) is 44.9 Å². The molecule has 0 saturated heterocycles. The minimum absolute atomic E-state index is 0.151. The summed E-state index contributed by atoms with van der Waals surface area (Å²) >= 11 is 18.5. The lowest BCUT2D eigenvalue weighted by Crippen LogP contribution is -2.12. The predicted octanol–water partition coefficient (Wildman–Crippen LogP) is 5.77. The van der Waals surface area contributed by atoms with Gasteiger partial charge in [-0.05, 0) is 42.9 Å². The van der Waals surface area contributed by atoms with Gasteiger partial charge in [-0.3, -0.25) is 0 Å². The fourth-order valence-corrected chi connectivity index (χ4v) is 3.36. The molecule has 2 rings (SSSR count). The Morgan fingerprint density at radius 3 is 2.46 bits per heavy atom. The molecule has 0 amide bonds. The van der Waals surface area contributed by atoms with Gasteiger partial charge in [0.05, 0.1) is 22.2 Å². The zero-order chi connectivity index (χ0) is 17.5. The number of halogens is 2. The number of hydrogen-bond acceptors (Lipinski definition) is 5. The van der Waals surface area contributed by atoms with E-state index in [0.717, 1.165) is 5.56 Å². The molecule has 0 atom stereocenters. The lowest BCUT2D eigenvalue weighted by atomic mass is 10.1. The Kier molecular flexibility index (Phi) is 7.37. The van der Waals surface area contributed by atoms with Crippen LogP contribution in [-0.4, -0.2) is 17.0 Å². The summed E-state index contributed by atoms with van der Waals surface area (Å²) in [6, 6.07) is 12.0. The molecule has 0 aromatic heterocycles. The van der Waals surface area contributed by atoms with E-state index in [1.165, 1.54) is 11.8 Å². The second-order valence-corrected chi connectivity index (χ2v) is 6.96. The van der Waals surface area contributed by atoms with Crippen molar-refractivity contribution in [2.45, 2.75) is 12.7 Å². The SMILES string of the molecule is CCOC(=S)SCc1ccccc1C(=O)Oc1c(Cl)cccc1Cl. The van der Waals surface area contributed by atoms with Crippen molar-refractivity contribution in [1.29, 1.82) is 0 Å². The monoisotopic (exact) mass is 400 g/mol. The second kappa shape index (κ2) is 9.28. The molecule has 0 aliphatic carbocycles. The van der Waals surface area contributed by atoms with E-state index in [9.17, 15) is 4.79 Å². The highest BCUT2D eigenvalue weighted by molar-refractivity contribution is 8.22. The van der Waals surface area contributed by atoms with Crippen LogP contribution in [0.1, 0.15) is 22.8 Å². The topological polar surface area (TPSA) is 35.5 Å². The Balaban J connectivity index is 2.16. The van der Waals surface area contributed by atoms with Gasteiger partial charge in [0.2, 0.25) is 4.38 Å². The fourth-order valence-electron chi connectivity index (χ4n) is 1.87. The third-order valence-corrected chi connectivity index (χ3v) is 4.83. The van der Waals surface area contributed by atoms with E-state index in [1.54, 1.807) is 30.3 Å². The van der Waals surface area contributed by atoms with Gasteiger partial charge in [0.1, 0.15) is 0 Å². The Hall–Kier alpha value is -1.27. The lowest BCUT2D eigenvalue weighted by molar-refractivity contribution is 0.0734. The predicted molar refractivity (Wildman–Crippen MR) is 103 cm³/mol. The van der Waals surface area contributed by atoms with E-state index in [2.05, 4.69) is 0 Å². The normalized spacial score (nSPS) is 10.3. The third-order valence-electron chi connectivity index (χ3n) is 2.96. The number of esters is 1. The molecule has 0 N–H and O–H groups in total. The summed E-state index contributed by atoms with van der Waals surface area (Å²) in [6.45, 7) is 2.38. The summed E-state index contributed by atoms with van der Waals surface area (Å²) in [4.78, 5) is 12.5. The van der Waals surface area contributed by atoms with Gasteiger partial charge in [-0.25, -0.2) is 4.79 Å². The summed E-state index contributed by atoms with van der Waals surface area (Å²) in [5, 5.41) is 0.556. The van der Waals surface area contributed by atoms with Gasteiger partial charge in [0.25, 0.3) is 0 Å². The summed E-state index contributed by atoms with van der Waals surface area (Å²) in [6.07, 6.45) is 0. The number of rotatable bonds is 5. The zero-order valence-corrected chi connectivity index (χ0v) is 15.9. The first kappa shape index (κ1) is 19.1. The van der Waals surface area contributed by atoms with Crippen LogP contribution in [0, 0.1) is 0 Å².